The number of allylic oxidation sites excluding steroid dienone is 6. The maximum absolute atomic E-state index is 15.2. The Labute approximate surface area is 873 Å². The Morgan fingerprint density at radius 3 is 0.812 bits per heavy atom. The monoisotopic (exact) mass is 1960 g/mol. The zero-order valence-electron chi connectivity index (χ0n) is 86.3. The number of hydrogen-bond donors (Lipinski definition) is 0. The summed E-state index contributed by atoms with van der Waals surface area (Å²) in [4.78, 5) is 44.6. The minimum atomic E-state index is -0.855. The second kappa shape index (κ2) is 47.5. The number of hydrogen-bond acceptors (Lipinski definition) is 8. The molecule has 4 heterocycles. The summed E-state index contributed by atoms with van der Waals surface area (Å²) in [6, 6.07) is 84.5. The Bertz CT molecular complexity index is 6710. The van der Waals surface area contributed by atoms with Crippen molar-refractivity contribution in [1.82, 2.24) is 0 Å². The van der Waals surface area contributed by atoms with Gasteiger partial charge in [0.1, 0.15) is 0 Å². The molecule has 0 fully saturated rings. The molecule has 732 valence electrons. The Morgan fingerprint density at radius 2 is 0.562 bits per heavy atom. The third-order valence-corrected chi connectivity index (χ3v) is 36.0. The van der Waals surface area contributed by atoms with Crippen LogP contribution >= 0.6 is 45.3 Å². The van der Waals surface area contributed by atoms with Crippen molar-refractivity contribution in [2.75, 3.05) is 0 Å². The topological polar surface area (TPSA) is 90.4 Å². The Morgan fingerprint density at radius 1 is 0.299 bits per heavy atom. The smallest absolute Gasteiger partial charge is 0.270 e. The second-order valence-corrected chi connectivity index (χ2v) is 45.8. The maximum atomic E-state index is 15.2. The first-order chi connectivity index (χ1) is 70.7. The van der Waals surface area contributed by atoms with Crippen molar-refractivity contribution in [2.24, 2.45) is 0 Å². The van der Waals surface area contributed by atoms with Crippen LogP contribution in [0, 0.1) is 35.8 Å². The van der Waals surface area contributed by atoms with Crippen LogP contribution in [0.25, 0.3) is 106 Å². The molecule has 0 atom stereocenters. The number of thiophene rings is 4. The molecule has 4 aromatic heterocycles. The molecule has 14 aromatic rings. The predicted octanol–water partition coefficient (Wildman–Crippen LogP) is 39.3. The number of benzene rings is 10. The summed E-state index contributed by atoms with van der Waals surface area (Å²) in [5.74, 6) is -0.350. The maximum Gasteiger partial charge on any atom is 0.270 e. The highest BCUT2D eigenvalue weighted by atomic mass is 32.1. The lowest BCUT2D eigenvalue weighted by Gasteiger charge is -2.36. The molecule has 18 rings (SSSR count). The average molecular weight is 1970 g/mol. The van der Waals surface area contributed by atoms with E-state index in [1.807, 2.05) is 84.9 Å². The summed E-state index contributed by atoms with van der Waals surface area (Å²) in [6.07, 6.45) is 49.3. The van der Waals surface area contributed by atoms with Crippen molar-refractivity contribution in [3.63, 3.8) is 0 Å². The fraction of sp³-hybridized carbons (Fsp3) is 0.373. The molecule has 0 saturated heterocycles. The summed E-state index contributed by atoms with van der Waals surface area (Å²) >= 11 is 7.51. The Hall–Kier alpha value is -12.0. The van der Waals surface area contributed by atoms with Gasteiger partial charge in [-0.3, -0.25) is 9.59 Å². The molecule has 10 aromatic carbocycles. The number of carbonyl (C=O) groups is 2. The van der Waals surface area contributed by atoms with Gasteiger partial charge in [-0.1, -0.05) is 355 Å². The highest BCUT2D eigenvalue weighted by Crippen LogP contribution is 2.70. The molecular formula is C134H140N4O2S4. The fourth-order valence-electron chi connectivity index (χ4n) is 23.9. The molecule has 4 aliphatic carbocycles. The van der Waals surface area contributed by atoms with Gasteiger partial charge in [-0.05, 0) is 308 Å². The van der Waals surface area contributed by atoms with E-state index in [1.165, 1.54) is 273 Å². The van der Waals surface area contributed by atoms with Crippen molar-refractivity contribution >= 4 is 111 Å². The van der Waals surface area contributed by atoms with Crippen molar-refractivity contribution < 1.29 is 9.59 Å². The SMILES string of the molecule is [C-]#[N+]/C(C#N)=C1\C(=C\c2ccc(-c3ccc4c(c3)C(c3cc(CCCCCC)cc(CCCCCC)c3)(c3cc(CCCCCC)cc(CCCCCC)c3)c3c-4sc4c5c(sc34)-c3ccc(-c4ccc(/C=C6\C(=O)c7cc8ccccc8cc7\C6=C(\C#N)[N+]#[C-])s4)cc3C5(c3cc(CCCCCC)cc(CCCCCC)c3)c3cc(CCCCCC)cc(CCCCCC)c3)s2)C(=O)c2cc3ccccc3cc21. The van der Waals surface area contributed by atoms with Crippen LogP contribution in [-0.2, 0) is 62.2 Å². The highest BCUT2D eigenvalue weighted by Gasteiger charge is 2.55. The molecule has 0 N–H and O–H groups in total. The Kier molecular flexibility index (Phi) is 33.7. The molecule has 4 aliphatic rings. The summed E-state index contributed by atoms with van der Waals surface area (Å²) in [7, 11) is 0. The summed E-state index contributed by atoms with van der Waals surface area (Å²) in [6.45, 7) is 35.5. The van der Waals surface area contributed by atoms with Crippen LogP contribution < -0.4 is 0 Å². The van der Waals surface area contributed by atoms with Gasteiger partial charge in [0.05, 0.1) is 45.5 Å². The van der Waals surface area contributed by atoms with Crippen molar-refractivity contribution in [1.29, 1.82) is 10.5 Å². The minimum absolute atomic E-state index is 0.0844. The van der Waals surface area contributed by atoms with Gasteiger partial charge in [-0.15, -0.1) is 45.3 Å². The van der Waals surface area contributed by atoms with Crippen molar-refractivity contribution in [3.05, 3.63) is 373 Å². The fourth-order valence-corrected chi connectivity index (χ4v) is 29.0. The van der Waals surface area contributed by atoms with E-state index in [0.29, 0.717) is 44.5 Å². The summed E-state index contributed by atoms with van der Waals surface area (Å²) < 4.78 is 2.75. The van der Waals surface area contributed by atoms with Crippen LogP contribution in [-0.4, -0.2) is 11.6 Å². The van der Waals surface area contributed by atoms with Crippen LogP contribution in [0.2, 0.25) is 0 Å². The van der Waals surface area contributed by atoms with E-state index in [0.717, 1.165) is 155 Å². The van der Waals surface area contributed by atoms with Gasteiger partial charge < -0.3 is 0 Å². The first kappa shape index (κ1) is 102. The lowest BCUT2D eigenvalue weighted by atomic mass is 9.65. The Balaban J connectivity index is 0.944. The highest BCUT2D eigenvalue weighted by molar-refractivity contribution is 7.32. The van der Waals surface area contributed by atoms with Gasteiger partial charge in [0.2, 0.25) is 0 Å². The van der Waals surface area contributed by atoms with Crippen LogP contribution in [0.4, 0.5) is 0 Å². The number of nitriles is 2. The first-order valence-corrected chi connectivity index (χ1v) is 58.2. The number of nitrogens with zero attached hydrogens (tertiary/aromatic N) is 4. The van der Waals surface area contributed by atoms with Crippen LogP contribution in [0.1, 0.15) is 391 Å². The van der Waals surface area contributed by atoms with E-state index in [9.17, 15) is 10.5 Å². The van der Waals surface area contributed by atoms with Crippen LogP contribution in [0.3, 0.4) is 0 Å². The zero-order valence-corrected chi connectivity index (χ0v) is 89.6. The summed E-state index contributed by atoms with van der Waals surface area (Å²) in [5, 5.41) is 25.3. The number of rotatable bonds is 48. The minimum Gasteiger partial charge on any atom is -0.289 e. The number of ketones is 2. The molecule has 0 spiro atoms. The third-order valence-electron chi connectivity index (χ3n) is 31.2. The molecule has 0 aliphatic heterocycles. The lowest BCUT2D eigenvalue weighted by Crippen LogP contribution is -2.30. The van der Waals surface area contributed by atoms with E-state index in [4.69, 9.17) is 13.1 Å². The molecule has 0 amide bonds. The van der Waals surface area contributed by atoms with E-state index >= 15 is 9.59 Å². The van der Waals surface area contributed by atoms with Crippen LogP contribution in [0.5, 0.6) is 0 Å². The van der Waals surface area contributed by atoms with Gasteiger partial charge in [-0.25, -0.2) is 20.2 Å². The molecular weight excluding hydrogens is 1830 g/mol. The molecule has 0 unspecified atom stereocenters. The second-order valence-electron chi connectivity index (χ2n) is 41.5. The van der Waals surface area contributed by atoms with E-state index in [2.05, 4.69) is 233 Å². The zero-order chi connectivity index (χ0) is 99.8. The molecule has 0 saturated carbocycles. The molecule has 6 nitrogen and oxygen atoms in total. The number of aryl methyl sites for hydroxylation is 8. The number of unbranched alkanes of at least 4 members (excludes halogenated alkanes) is 24. The lowest BCUT2D eigenvalue weighted by molar-refractivity contribution is 0.103. The van der Waals surface area contributed by atoms with Gasteiger partial charge in [0.15, 0.2) is 11.6 Å². The average Bonchev–Trinajstić information content (AvgIpc) is 1.48. The van der Waals surface area contributed by atoms with Gasteiger partial charge in [-0.2, -0.15) is 0 Å². The summed E-state index contributed by atoms with van der Waals surface area (Å²) in [5.41, 5.74) is 29.0. The first-order valence-electron chi connectivity index (χ1n) is 55.0. The normalized spacial score (nSPS) is 14.8. The number of Topliss-reactive ketones (excluding diaryl/α,β-unsaturated/α-hetero) is 2. The molecule has 144 heavy (non-hydrogen) atoms. The quantitative estimate of drug-likeness (QED) is 0.0164. The number of carbonyl (C=O) groups excluding carboxylic acids is 2. The molecule has 0 bridgehead atoms. The van der Waals surface area contributed by atoms with Gasteiger partial charge in [0, 0.05) is 73.8 Å². The van der Waals surface area contributed by atoms with Gasteiger partial charge >= 0.3 is 0 Å². The third kappa shape index (κ3) is 20.9. The standard InChI is InChI=1S/C134H140N4O2S4/c1-11-19-27-35-47-89-67-90(48-36-28-20-12-2)72-103(71-89)133(104-73-91(49-37-29-21-13-3)68-92(74-104)50-38-30-22-14-4)117-83-101(121-65-61-107(141-121)85-115-123(119(87-135)137-9)111-79-97-55-43-45-57-99(97)81-113(111)127(115)139)59-63-109(117)129-125(133)131-132(143-129)126-130(144-131)110-64-60-102(122-66-62-108(142-122)86-116-124(120(88-136)138-10)112-80-98-56-44-46-58-100(98)82-114(112)128(116)140)84-118(110)134(126,105-75-93(51-39-31-23-15-5)69-94(76-105)52-40-32-24-16-6)106-77-95(53-41-33-25-17-7)70-96(78-106)54-42-34-26-18-8/h43-46,55-86H,11-42,47-54H2,1-8H3/b115-85-,116-86-,123-119-,124-120+. The largest absolute Gasteiger partial charge is 0.289 e. The molecule has 10 heteroatoms. The van der Waals surface area contributed by atoms with Crippen molar-refractivity contribution in [3.8, 4) is 53.9 Å². The van der Waals surface area contributed by atoms with Gasteiger partial charge in [0.25, 0.3) is 11.4 Å². The number of fused-ring (bicyclic) bond motifs is 13. The van der Waals surface area contributed by atoms with Crippen LogP contribution in [0.15, 0.2) is 229 Å². The van der Waals surface area contributed by atoms with Crippen molar-refractivity contribution in [2.45, 2.75) is 323 Å². The predicted molar refractivity (Wildman–Crippen MR) is 614 cm³/mol. The van der Waals surface area contributed by atoms with E-state index in [-0.39, 0.29) is 23.0 Å². The van der Waals surface area contributed by atoms with E-state index < -0.39 is 10.8 Å². The molecule has 0 radical (unpaired) electrons. The van der Waals surface area contributed by atoms with E-state index in [1.54, 1.807) is 22.7 Å².